The van der Waals surface area contributed by atoms with Gasteiger partial charge in [-0.1, -0.05) is 51.8 Å². The van der Waals surface area contributed by atoms with Gasteiger partial charge in [-0.05, 0) is 0 Å². The van der Waals surface area contributed by atoms with Crippen LogP contribution in [0, 0.1) is 0 Å². The largest absolute Gasteiger partial charge is 0.490 e. The zero-order valence-electron chi connectivity index (χ0n) is 8.05. The molecule has 0 amide bonds. The Bertz CT molecular complexity index is 126. The molecule has 1 radical (unpaired) electrons. The lowest BCUT2D eigenvalue weighted by atomic mass is 9.61. The van der Waals surface area contributed by atoms with E-state index >= 15 is 0 Å². The van der Waals surface area contributed by atoms with Crippen LogP contribution in [0.4, 0.5) is 4.79 Å². The molecule has 0 aliphatic heterocycles. The molecule has 0 bridgehead atoms. The van der Waals surface area contributed by atoms with Gasteiger partial charge in [0.05, 0.1) is 0 Å². The molecule has 0 aliphatic carbocycles. The molecule has 1 N–H and O–H groups in total. The molecular formula is C9H18BO2. The SMILES string of the molecule is CCCCCC([B]C(=O)O)CC. The lowest BCUT2D eigenvalue weighted by molar-refractivity contribution is 0.219. The van der Waals surface area contributed by atoms with Crippen molar-refractivity contribution in [2.75, 3.05) is 0 Å². The first-order chi connectivity index (χ1) is 5.70. The van der Waals surface area contributed by atoms with Crippen molar-refractivity contribution in [2.24, 2.45) is 0 Å². The molecule has 0 aromatic heterocycles. The van der Waals surface area contributed by atoms with Gasteiger partial charge in [-0.2, -0.15) is 0 Å². The van der Waals surface area contributed by atoms with E-state index in [1.165, 1.54) is 20.1 Å². The summed E-state index contributed by atoms with van der Waals surface area (Å²) in [7, 11) is 1.43. The molecule has 0 saturated heterocycles. The summed E-state index contributed by atoms with van der Waals surface area (Å²) in [6.45, 7) is 4.19. The van der Waals surface area contributed by atoms with Gasteiger partial charge in [0.15, 0.2) is 0 Å². The molecule has 3 heteroatoms. The van der Waals surface area contributed by atoms with Crippen LogP contribution in [0.2, 0.25) is 5.82 Å². The van der Waals surface area contributed by atoms with Gasteiger partial charge in [0.1, 0.15) is 0 Å². The minimum Gasteiger partial charge on any atom is -0.490 e. The van der Waals surface area contributed by atoms with Crippen LogP contribution < -0.4 is 0 Å². The van der Waals surface area contributed by atoms with Gasteiger partial charge in [0.25, 0.3) is 7.28 Å². The molecule has 1 atom stereocenters. The molecule has 0 aliphatic rings. The van der Waals surface area contributed by atoms with Crippen LogP contribution in [-0.2, 0) is 0 Å². The minimum absolute atomic E-state index is 0.272. The van der Waals surface area contributed by atoms with Crippen molar-refractivity contribution in [1.29, 1.82) is 0 Å². The van der Waals surface area contributed by atoms with Gasteiger partial charge in [0, 0.05) is 0 Å². The van der Waals surface area contributed by atoms with Crippen molar-refractivity contribution in [2.45, 2.75) is 51.8 Å². The molecule has 69 valence electrons. The molecule has 0 rings (SSSR count). The van der Waals surface area contributed by atoms with Crippen molar-refractivity contribution in [3.8, 4) is 0 Å². The van der Waals surface area contributed by atoms with Crippen LogP contribution in [0.15, 0.2) is 0 Å². The normalized spacial score (nSPS) is 12.5. The average molecular weight is 169 g/mol. The highest BCUT2D eigenvalue weighted by molar-refractivity contribution is 6.72. The first-order valence-corrected chi connectivity index (χ1v) is 4.78. The second-order valence-corrected chi connectivity index (χ2v) is 3.17. The number of carbonyl (C=O) groups is 1. The van der Waals surface area contributed by atoms with E-state index in [4.69, 9.17) is 5.11 Å². The third-order valence-corrected chi connectivity index (χ3v) is 2.08. The monoisotopic (exact) mass is 169 g/mol. The van der Waals surface area contributed by atoms with Crippen LogP contribution in [-0.4, -0.2) is 18.3 Å². The molecule has 12 heavy (non-hydrogen) atoms. The fourth-order valence-corrected chi connectivity index (χ4v) is 1.26. The second kappa shape index (κ2) is 7.20. The van der Waals surface area contributed by atoms with Crippen molar-refractivity contribution in [3.05, 3.63) is 0 Å². The van der Waals surface area contributed by atoms with Crippen LogP contribution in [0.25, 0.3) is 0 Å². The summed E-state index contributed by atoms with van der Waals surface area (Å²) < 4.78 is 0. The number of rotatable bonds is 7. The van der Waals surface area contributed by atoms with E-state index in [9.17, 15) is 4.79 Å². The van der Waals surface area contributed by atoms with Gasteiger partial charge in [-0.3, -0.25) is 4.79 Å². The molecule has 1 unspecified atom stereocenters. The van der Waals surface area contributed by atoms with E-state index in [0.717, 1.165) is 19.3 Å². The lowest BCUT2D eigenvalue weighted by Crippen LogP contribution is -2.12. The lowest BCUT2D eigenvalue weighted by Gasteiger charge is -2.09. The number of unbranched alkanes of at least 4 members (excludes halogenated alkanes) is 2. The third kappa shape index (κ3) is 6.26. The first-order valence-electron chi connectivity index (χ1n) is 4.78. The second-order valence-electron chi connectivity index (χ2n) is 3.17. The van der Waals surface area contributed by atoms with Crippen molar-refractivity contribution < 1.29 is 9.90 Å². The summed E-state index contributed by atoms with van der Waals surface area (Å²) in [6.07, 6.45) is 5.53. The Morgan fingerprint density at radius 1 is 1.42 bits per heavy atom. The maximum absolute atomic E-state index is 10.3. The zero-order valence-corrected chi connectivity index (χ0v) is 8.05. The number of hydrogen-bond acceptors (Lipinski definition) is 1. The maximum atomic E-state index is 10.3. The van der Waals surface area contributed by atoms with Crippen LogP contribution in [0.1, 0.15) is 46.0 Å². The molecule has 2 nitrogen and oxygen atoms in total. The van der Waals surface area contributed by atoms with Crippen LogP contribution >= 0.6 is 0 Å². The van der Waals surface area contributed by atoms with Gasteiger partial charge in [-0.15, -0.1) is 0 Å². The Hall–Kier alpha value is -0.465. The maximum Gasteiger partial charge on any atom is 0.264 e. The Balaban J connectivity index is 3.46. The Kier molecular flexibility index (Phi) is 6.92. The molecular weight excluding hydrogens is 151 g/mol. The van der Waals surface area contributed by atoms with Gasteiger partial charge in [0.2, 0.25) is 5.87 Å². The van der Waals surface area contributed by atoms with E-state index in [-0.39, 0.29) is 5.82 Å². The first kappa shape index (κ1) is 11.5. The topological polar surface area (TPSA) is 37.3 Å². The van der Waals surface area contributed by atoms with Crippen LogP contribution in [0.5, 0.6) is 0 Å². The van der Waals surface area contributed by atoms with E-state index in [2.05, 4.69) is 6.92 Å². The summed E-state index contributed by atoms with van der Waals surface area (Å²) in [4.78, 5) is 10.3. The predicted octanol–water partition coefficient (Wildman–Crippen LogP) is 3.15. The Labute approximate surface area is 75.6 Å². The summed E-state index contributed by atoms with van der Waals surface area (Å²) in [6, 6.07) is 0. The summed E-state index contributed by atoms with van der Waals surface area (Å²) in [5, 5.41) is 8.52. The van der Waals surface area contributed by atoms with E-state index in [0.29, 0.717) is 0 Å². The fourth-order valence-electron chi connectivity index (χ4n) is 1.26. The summed E-state index contributed by atoms with van der Waals surface area (Å²) in [5.41, 5.74) is 0. The quantitative estimate of drug-likeness (QED) is 0.469. The Morgan fingerprint density at radius 2 is 2.08 bits per heavy atom. The van der Waals surface area contributed by atoms with E-state index in [1.54, 1.807) is 0 Å². The predicted molar refractivity (Wildman–Crippen MR) is 52.0 cm³/mol. The van der Waals surface area contributed by atoms with Crippen molar-refractivity contribution >= 4 is 13.1 Å². The Morgan fingerprint density at radius 3 is 2.50 bits per heavy atom. The van der Waals surface area contributed by atoms with Gasteiger partial charge < -0.3 is 5.11 Å². The van der Waals surface area contributed by atoms with Crippen LogP contribution in [0.3, 0.4) is 0 Å². The standard InChI is InChI=1S/C9H18BO2/c1-3-5-6-7-8(4-2)10-9(11)12/h8H,3-7H2,1-2H3,(H,11,12). The van der Waals surface area contributed by atoms with Crippen molar-refractivity contribution in [1.82, 2.24) is 0 Å². The highest BCUT2D eigenvalue weighted by atomic mass is 16.4. The number of hydrogen-bond donors (Lipinski definition) is 1. The van der Waals surface area contributed by atoms with E-state index in [1.807, 2.05) is 6.92 Å². The highest BCUT2D eigenvalue weighted by Crippen LogP contribution is 2.18. The van der Waals surface area contributed by atoms with Gasteiger partial charge >= 0.3 is 0 Å². The highest BCUT2D eigenvalue weighted by Gasteiger charge is 2.12. The molecule has 0 saturated carbocycles. The van der Waals surface area contributed by atoms with Gasteiger partial charge in [-0.25, -0.2) is 0 Å². The van der Waals surface area contributed by atoms with Crippen molar-refractivity contribution in [3.63, 3.8) is 0 Å². The molecule has 0 aromatic carbocycles. The molecule has 0 spiro atoms. The zero-order chi connectivity index (χ0) is 9.40. The minimum atomic E-state index is -0.779. The smallest absolute Gasteiger partial charge is 0.264 e. The average Bonchev–Trinajstić information content (AvgIpc) is 2.02. The summed E-state index contributed by atoms with van der Waals surface area (Å²) >= 11 is 0. The fraction of sp³-hybridized carbons (Fsp3) is 0.889. The summed E-state index contributed by atoms with van der Waals surface area (Å²) in [5.74, 6) is -0.507. The molecule has 0 fully saturated rings. The number of carboxylic acid groups (broad SMARTS) is 1. The third-order valence-electron chi connectivity index (χ3n) is 2.08. The van der Waals surface area contributed by atoms with E-state index < -0.39 is 5.87 Å². The molecule has 0 heterocycles. The molecule has 0 aromatic rings.